The van der Waals surface area contributed by atoms with Crippen LogP contribution in [-0.2, 0) is 91.8 Å². The highest BCUT2D eigenvalue weighted by molar-refractivity contribution is 7.59. The molecule has 0 fully saturated rings. The maximum absolute atomic E-state index is 13.4. The predicted octanol–water partition coefficient (Wildman–Crippen LogP) is 16.3. The van der Waals surface area contributed by atoms with Gasteiger partial charge in [0.2, 0.25) is 7.37 Å². The van der Waals surface area contributed by atoms with Crippen LogP contribution in [0, 0.1) is 31.6 Å². The predicted molar refractivity (Wildman–Crippen MR) is 420 cm³/mol. The third-order valence-electron chi connectivity index (χ3n) is 17.2. The van der Waals surface area contributed by atoms with Crippen LogP contribution in [-0.4, -0.2) is 166 Å². The Morgan fingerprint density at radius 2 is 0.903 bits per heavy atom. The Morgan fingerprint density at radius 1 is 0.534 bits per heavy atom. The van der Waals surface area contributed by atoms with Crippen LogP contribution in [0.15, 0.2) is 47.6 Å². The minimum absolute atomic E-state index is 0.0733. The highest BCUT2D eigenvalue weighted by Crippen LogP contribution is 2.49. The Kier molecular flexibility index (Phi) is 40.0. The monoisotopic (exact) mass is 1550 g/mol. The third-order valence-corrected chi connectivity index (χ3v) is 27.8. The number of carbonyl (C=O) groups excluding carboxylic acids is 6. The van der Waals surface area contributed by atoms with Crippen molar-refractivity contribution >= 4 is 83.1 Å². The van der Waals surface area contributed by atoms with E-state index in [1.807, 2.05) is 39.8 Å². The zero-order chi connectivity index (χ0) is 78.4. The summed E-state index contributed by atoms with van der Waals surface area (Å²) in [5, 5.41) is 0. The van der Waals surface area contributed by atoms with Gasteiger partial charge in [-0.05, 0) is 122 Å². The largest absolute Gasteiger partial charge is 0.496 e. The molecule has 584 valence electrons. The van der Waals surface area contributed by atoms with E-state index in [4.69, 9.17) is 52.9 Å². The number of allylic oxidation sites excluding steroid dienone is 8. The average Bonchev–Trinajstić information content (AvgIpc) is 1.69. The lowest BCUT2D eigenvalue weighted by Gasteiger charge is -2.22. The minimum Gasteiger partial charge on any atom is -0.496 e. The van der Waals surface area contributed by atoms with E-state index in [2.05, 4.69) is 93.9 Å². The normalized spacial score (nSPS) is 15.7. The van der Waals surface area contributed by atoms with Crippen LogP contribution < -0.4 is 24.7 Å². The lowest BCUT2D eigenvalue weighted by molar-refractivity contribution is -0.148. The number of cyclic esters (lactones) is 2. The molecule has 0 amide bonds. The van der Waals surface area contributed by atoms with Crippen LogP contribution in [0.1, 0.15) is 121 Å². The van der Waals surface area contributed by atoms with Crippen LogP contribution in [0.2, 0.25) is 103 Å². The molecule has 103 heavy (non-hydrogen) atoms. The highest BCUT2D eigenvalue weighted by atomic mass is 31.2. The maximum Gasteiger partial charge on any atom is 0.342 e. The van der Waals surface area contributed by atoms with Gasteiger partial charge < -0.3 is 67.0 Å². The molecule has 2 aliphatic rings. The fourth-order valence-corrected chi connectivity index (χ4v) is 16.1. The Labute approximate surface area is 620 Å². The number of methoxy groups -OCH3 is 2. The van der Waals surface area contributed by atoms with Crippen molar-refractivity contribution in [3.05, 3.63) is 92.1 Å². The average molecular weight is 1550 g/mol. The van der Waals surface area contributed by atoms with Gasteiger partial charge in [-0.3, -0.25) is 28.3 Å². The molecule has 0 bridgehead atoms. The molecular weight excluding hydrogens is 1430 g/mol. The summed E-state index contributed by atoms with van der Waals surface area (Å²) in [6.07, 6.45) is 13.6. The minimum atomic E-state index is -3.67. The molecule has 2 aromatic carbocycles. The van der Waals surface area contributed by atoms with Gasteiger partial charge in [0.05, 0.1) is 77.8 Å². The molecule has 22 nitrogen and oxygen atoms in total. The topological polar surface area (TPSA) is 294 Å². The summed E-state index contributed by atoms with van der Waals surface area (Å²) in [7, 11) is -6.56. The highest BCUT2D eigenvalue weighted by Gasteiger charge is 2.36. The molecule has 0 aromatic heterocycles. The molecule has 6 atom stereocenters. The van der Waals surface area contributed by atoms with Crippen molar-refractivity contribution in [2.24, 2.45) is 23.5 Å². The number of hydrogen-bond acceptors (Lipinski definition) is 21. The van der Waals surface area contributed by atoms with Gasteiger partial charge in [-0.15, -0.1) is 0 Å². The molecule has 0 spiro atoms. The summed E-state index contributed by atoms with van der Waals surface area (Å²) in [6, 6.07) is 3.12. The van der Waals surface area contributed by atoms with Crippen molar-refractivity contribution in [2.45, 2.75) is 216 Å². The van der Waals surface area contributed by atoms with Crippen LogP contribution in [0.5, 0.6) is 23.0 Å². The standard InChI is InChI=1S/C38H63O10PSi2.C32H53O9PSi2.C5H11NO2/c1-13-45-36(39)28(3)26-49(42,44-6)21-15-14-16-30(37(40)47-20-23-51(10,11)12)24-27(2)17-18-31-34(43-5)29(4)32-25-48-38(41)33(32)35(31)46-19-22-50(7,8)9;1-23(21-25(13-11-12-18-42(35,36)38-4)31(33)40-17-20-44(8,9)10)14-15-26-29(37-3)24(2)27-22-41-32(34)28(27)30(26)39-16-19-43(5,6)7;1-3-8-5(7)4(2)6/h14-15,17,28,30H,13,16,18-26H2,1-12H3;11-12,14,25H,13,15-22H2,1-10H3,(H,35,36);4H,3,6H2,1-2H3/b15-14+,27-17+;12-11+,23-14+;/t28-,30?,49?;;4-/m1.0/s1. The number of esters is 6. The summed E-state index contributed by atoms with van der Waals surface area (Å²) in [5.74, 6) is -1.19. The number of carbonyl (C=O) groups is 6. The molecule has 0 saturated heterocycles. The first kappa shape index (κ1) is 93.7. The Morgan fingerprint density at radius 3 is 1.23 bits per heavy atom. The molecule has 4 rings (SSSR count). The first-order valence-corrected chi connectivity index (χ1v) is 54.5. The van der Waals surface area contributed by atoms with Gasteiger partial charge in [0.15, 0.2) is 0 Å². The van der Waals surface area contributed by atoms with Crippen LogP contribution in [0.25, 0.3) is 0 Å². The molecule has 28 heteroatoms. The number of fused-ring (bicyclic) bond motifs is 2. The number of rotatable bonds is 42. The van der Waals surface area contributed by atoms with Crippen molar-refractivity contribution in [1.29, 1.82) is 0 Å². The van der Waals surface area contributed by atoms with Gasteiger partial charge in [0, 0.05) is 81.1 Å². The molecular formula is C75H127NO21P2Si4. The number of benzene rings is 2. The van der Waals surface area contributed by atoms with Crippen molar-refractivity contribution in [3.63, 3.8) is 0 Å². The molecule has 2 heterocycles. The van der Waals surface area contributed by atoms with Crippen molar-refractivity contribution in [2.75, 3.05) is 86.6 Å². The molecule has 0 aliphatic carbocycles. The van der Waals surface area contributed by atoms with Crippen LogP contribution in [0.3, 0.4) is 0 Å². The van der Waals surface area contributed by atoms with Crippen molar-refractivity contribution in [3.8, 4) is 23.0 Å². The molecule has 0 radical (unpaired) electrons. The first-order chi connectivity index (χ1) is 47.8. The maximum atomic E-state index is 13.4. The fraction of sp³-hybridized carbons (Fsp3) is 0.653. The smallest absolute Gasteiger partial charge is 0.342 e. The molecule has 3 N–H and O–H groups in total. The van der Waals surface area contributed by atoms with Crippen molar-refractivity contribution < 1.29 is 99.2 Å². The van der Waals surface area contributed by atoms with Crippen molar-refractivity contribution in [1.82, 2.24) is 0 Å². The Balaban J connectivity index is 0.000000637. The lowest BCUT2D eigenvalue weighted by Crippen LogP contribution is -2.28. The summed E-state index contributed by atoms with van der Waals surface area (Å²) in [4.78, 5) is 84.6. The number of nitrogens with two attached hydrogens (primary N) is 1. The van der Waals surface area contributed by atoms with Gasteiger partial charge in [0.1, 0.15) is 53.4 Å². The van der Waals surface area contributed by atoms with E-state index in [1.54, 1.807) is 60.1 Å². The van der Waals surface area contributed by atoms with Gasteiger partial charge in [-0.2, -0.15) is 0 Å². The Hall–Kier alpha value is -5.41. The van der Waals surface area contributed by atoms with Gasteiger partial charge in [-0.1, -0.05) is 133 Å². The van der Waals surface area contributed by atoms with E-state index in [-0.39, 0.29) is 68.2 Å². The van der Waals surface area contributed by atoms with E-state index >= 15 is 0 Å². The van der Waals surface area contributed by atoms with Gasteiger partial charge in [0.25, 0.3) is 0 Å². The van der Waals surface area contributed by atoms with E-state index in [0.29, 0.717) is 106 Å². The quantitative estimate of drug-likeness (QED) is 0.0205. The molecule has 4 unspecified atom stereocenters. The summed E-state index contributed by atoms with van der Waals surface area (Å²) in [6.45, 7) is 44.4. The molecule has 2 aliphatic heterocycles. The van der Waals surface area contributed by atoms with Crippen LogP contribution in [0.4, 0.5) is 0 Å². The SMILES string of the molecule is CCOC(=O)[C@H](C)CP(=O)(C/C=C/CC(C/C(C)=C/Cc1c(OC)c(C)c2c(c1OCC[Si](C)(C)C)C(=O)OC2)C(=O)OCC[Si](C)(C)C)OC.CCOC(=O)[C@H](C)N.COc1c(C)c2c(c(OCC[Si](C)(C)C)c1C/C=C(\C)CC(C/C=C/CP(=O)(O)OC)C(=O)OCC[Si](C)(C)C)C(=O)OC2. The third kappa shape index (κ3) is 33.9. The van der Waals surface area contributed by atoms with Gasteiger partial charge in [-0.25, -0.2) is 9.59 Å². The van der Waals surface area contributed by atoms with E-state index in [1.165, 1.54) is 14.2 Å². The van der Waals surface area contributed by atoms with E-state index in [9.17, 15) is 42.8 Å². The second kappa shape index (κ2) is 44.0. The zero-order valence-electron chi connectivity index (χ0n) is 66.7. The van der Waals surface area contributed by atoms with E-state index in [0.717, 1.165) is 68.7 Å². The fourth-order valence-electron chi connectivity index (χ4n) is 10.7. The number of hydrogen-bond donors (Lipinski definition) is 2. The lowest BCUT2D eigenvalue weighted by atomic mass is 9.93. The summed E-state index contributed by atoms with van der Waals surface area (Å²) < 4.78 is 91.6. The summed E-state index contributed by atoms with van der Waals surface area (Å²) >= 11 is 0. The van der Waals surface area contributed by atoms with Crippen LogP contribution >= 0.6 is 15.0 Å². The molecule has 2 aromatic rings. The summed E-state index contributed by atoms with van der Waals surface area (Å²) in [5.41, 5.74) is 12.9. The second-order valence-corrected chi connectivity index (χ2v) is 58.6. The number of ether oxygens (including phenoxy) is 10. The molecule has 0 saturated carbocycles. The first-order valence-electron chi connectivity index (χ1n) is 35.9. The second-order valence-electron chi connectivity index (χ2n) is 31.3. The Bertz CT molecular complexity index is 3370. The van der Waals surface area contributed by atoms with E-state index < -0.39 is 77.0 Å². The zero-order valence-corrected chi connectivity index (χ0v) is 72.5. The van der Waals surface area contributed by atoms with Gasteiger partial charge >= 0.3 is 43.4 Å².